The van der Waals surface area contributed by atoms with Crippen LogP contribution in [0.25, 0.3) is 22.3 Å². The van der Waals surface area contributed by atoms with Gasteiger partial charge in [0.1, 0.15) is 24.0 Å². The van der Waals surface area contributed by atoms with E-state index in [1.165, 1.54) is 0 Å². The predicted molar refractivity (Wildman–Crippen MR) is 109 cm³/mol. The van der Waals surface area contributed by atoms with Crippen LogP contribution in [0.2, 0.25) is 0 Å². The van der Waals surface area contributed by atoms with Gasteiger partial charge in [0.15, 0.2) is 0 Å². The molecule has 5 rings (SSSR count). The number of aromatic nitrogens is 3. The zero-order valence-corrected chi connectivity index (χ0v) is 16.4. The van der Waals surface area contributed by atoms with Gasteiger partial charge in [-0.1, -0.05) is 0 Å². The molecule has 29 heavy (non-hydrogen) atoms. The highest BCUT2D eigenvalue weighted by Gasteiger charge is 2.29. The first kappa shape index (κ1) is 17.8. The molecule has 8 nitrogen and oxygen atoms in total. The van der Waals surface area contributed by atoms with Gasteiger partial charge in [-0.3, -0.25) is 4.79 Å². The first-order valence-electron chi connectivity index (χ1n) is 9.85. The van der Waals surface area contributed by atoms with Crippen molar-refractivity contribution in [3.63, 3.8) is 0 Å². The zero-order valence-electron chi connectivity index (χ0n) is 16.4. The number of hydrogen-bond donors (Lipinski definition) is 2. The molecular formula is C21H23N5O3. The molecule has 2 aliphatic heterocycles. The average Bonchev–Trinajstić information content (AvgIpc) is 3.33. The van der Waals surface area contributed by atoms with Gasteiger partial charge < -0.3 is 24.7 Å². The van der Waals surface area contributed by atoms with Crippen LogP contribution in [0.4, 0.5) is 5.69 Å². The third kappa shape index (κ3) is 3.24. The highest BCUT2D eigenvalue weighted by atomic mass is 16.5. The third-order valence-electron chi connectivity index (χ3n) is 5.58. The van der Waals surface area contributed by atoms with Gasteiger partial charge in [0.05, 0.1) is 23.2 Å². The van der Waals surface area contributed by atoms with Gasteiger partial charge in [0.2, 0.25) is 11.8 Å². The molecule has 0 aliphatic carbocycles. The molecule has 1 fully saturated rings. The second-order valence-electron chi connectivity index (χ2n) is 7.61. The molecule has 1 unspecified atom stereocenters. The fraction of sp³-hybridized carbons (Fsp3) is 0.381. The summed E-state index contributed by atoms with van der Waals surface area (Å²) in [6.07, 6.45) is 2.09. The molecular weight excluding hydrogens is 370 g/mol. The first-order valence-corrected chi connectivity index (χ1v) is 9.85. The molecule has 4 heterocycles. The van der Waals surface area contributed by atoms with Crippen LogP contribution in [0.1, 0.15) is 13.3 Å². The minimum absolute atomic E-state index is 0.0709. The number of ether oxygens (including phenoxy) is 2. The molecule has 3 aromatic rings. The Balaban J connectivity index is 1.53. The number of imidazole rings is 1. The minimum Gasteiger partial charge on any atom is -0.490 e. The Kier molecular flexibility index (Phi) is 4.26. The number of anilines is 1. The topological polar surface area (TPSA) is 90.3 Å². The molecule has 150 valence electrons. The molecule has 1 aromatic carbocycles. The molecule has 2 N–H and O–H groups in total. The Morgan fingerprint density at radius 2 is 2.21 bits per heavy atom. The number of amides is 1. The number of carbonyl (C=O) groups is 1. The highest BCUT2D eigenvalue weighted by Crippen LogP contribution is 2.35. The Labute approximate surface area is 168 Å². The summed E-state index contributed by atoms with van der Waals surface area (Å²) in [6, 6.07) is 7.97. The largest absolute Gasteiger partial charge is 0.490 e. The van der Waals surface area contributed by atoms with E-state index in [1.807, 2.05) is 42.8 Å². The van der Waals surface area contributed by atoms with E-state index in [0.717, 1.165) is 40.3 Å². The minimum atomic E-state index is -0.145. The van der Waals surface area contributed by atoms with Crippen LogP contribution in [0.3, 0.4) is 0 Å². The van der Waals surface area contributed by atoms with Crippen molar-refractivity contribution in [3.8, 4) is 22.9 Å². The van der Waals surface area contributed by atoms with E-state index in [2.05, 4.69) is 15.6 Å². The number of aryl methyl sites for hydroxylation is 1. The van der Waals surface area contributed by atoms with Crippen LogP contribution >= 0.6 is 0 Å². The molecule has 2 aliphatic rings. The van der Waals surface area contributed by atoms with Gasteiger partial charge >= 0.3 is 0 Å². The lowest BCUT2D eigenvalue weighted by molar-refractivity contribution is -0.119. The van der Waals surface area contributed by atoms with Gasteiger partial charge in [-0.2, -0.15) is 0 Å². The molecule has 8 heteroatoms. The maximum Gasteiger partial charge on any atom is 0.241 e. The third-order valence-corrected chi connectivity index (χ3v) is 5.58. The van der Waals surface area contributed by atoms with E-state index < -0.39 is 0 Å². The van der Waals surface area contributed by atoms with Crippen molar-refractivity contribution >= 4 is 22.6 Å². The Morgan fingerprint density at radius 3 is 3.03 bits per heavy atom. The van der Waals surface area contributed by atoms with Crippen molar-refractivity contribution in [3.05, 3.63) is 30.6 Å². The summed E-state index contributed by atoms with van der Waals surface area (Å²) in [4.78, 5) is 20.9. The Hall–Kier alpha value is -3.29. The van der Waals surface area contributed by atoms with Gasteiger partial charge in [-0.25, -0.2) is 9.97 Å². The maximum absolute atomic E-state index is 11.6. The van der Waals surface area contributed by atoms with Crippen molar-refractivity contribution in [1.29, 1.82) is 0 Å². The van der Waals surface area contributed by atoms with E-state index >= 15 is 0 Å². The van der Waals surface area contributed by atoms with Crippen LogP contribution in [0.5, 0.6) is 11.6 Å². The van der Waals surface area contributed by atoms with Crippen molar-refractivity contribution in [2.75, 3.05) is 25.0 Å². The number of nitrogens with one attached hydrogen (secondary N) is 2. The molecule has 0 saturated carbocycles. The summed E-state index contributed by atoms with van der Waals surface area (Å²) in [5, 5.41) is 6.23. The molecule has 1 amide bonds. The zero-order chi connectivity index (χ0) is 20.0. The van der Waals surface area contributed by atoms with Gasteiger partial charge in [-0.05, 0) is 31.2 Å². The summed E-state index contributed by atoms with van der Waals surface area (Å²) in [5.41, 5.74) is 4.38. The lowest BCUT2D eigenvalue weighted by Gasteiger charge is -2.21. The molecule has 1 saturated heterocycles. The van der Waals surface area contributed by atoms with Crippen molar-refractivity contribution < 1.29 is 14.3 Å². The average molecular weight is 393 g/mol. The second kappa shape index (κ2) is 6.95. The molecule has 2 aromatic heterocycles. The normalized spacial score (nSPS) is 19.2. The molecule has 0 radical (unpaired) electrons. The lowest BCUT2D eigenvalue weighted by Crippen LogP contribution is -2.26. The number of rotatable bonds is 4. The highest BCUT2D eigenvalue weighted by molar-refractivity contribution is 5.85. The van der Waals surface area contributed by atoms with E-state index in [4.69, 9.17) is 14.5 Å². The number of hydrogen-bond acceptors (Lipinski definition) is 6. The monoisotopic (exact) mass is 393 g/mol. The standard InChI is InChI=1S/C21H23N5O3/c1-12(14-8-19(27)23-10-14)29-21-20-17(24-11-26(20)2)9-15(25-21)13-3-4-18-16(7-13)22-5-6-28-18/h3-4,7,9,11-12,14,22H,5-6,8,10H2,1-2H3,(H,23,27)/t12-,14?/m1/s1. The van der Waals surface area contributed by atoms with Crippen molar-refractivity contribution in [2.45, 2.75) is 19.4 Å². The van der Waals surface area contributed by atoms with Gasteiger partial charge in [0.25, 0.3) is 0 Å². The quantitative estimate of drug-likeness (QED) is 0.707. The van der Waals surface area contributed by atoms with E-state index in [-0.39, 0.29) is 17.9 Å². The number of pyridine rings is 1. The second-order valence-corrected chi connectivity index (χ2v) is 7.61. The fourth-order valence-corrected chi connectivity index (χ4v) is 3.90. The maximum atomic E-state index is 11.6. The Morgan fingerprint density at radius 1 is 1.31 bits per heavy atom. The van der Waals surface area contributed by atoms with Gasteiger partial charge in [0, 0.05) is 38.0 Å². The summed E-state index contributed by atoms with van der Waals surface area (Å²) in [5.74, 6) is 1.58. The smallest absolute Gasteiger partial charge is 0.241 e. The van der Waals surface area contributed by atoms with Crippen molar-refractivity contribution in [1.82, 2.24) is 19.9 Å². The number of carbonyl (C=O) groups excluding carboxylic acids is 1. The van der Waals surface area contributed by atoms with Gasteiger partial charge in [-0.15, -0.1) is 0 Å². The number of benzene rings is 1. The summed E-state index contributed by atoms with van der Waals surface area (Å²) >= 11 is 0. The predicted octanol–water partition coefficient (Wildman–Crippen LogP) is 2.34. The number of nitrogens with zero attached hydrogens (tertiary/aromatic N) is 3. The summed E-state index contributed by atoms with van der Waals surface area (Å²) < 4.78 is 13.9. The molecule has 0 spiro atoms. The van der Waals surface area contributed by atoms with Crippen LogP contribution in [0, 0.1) is 5.92 Å². The van der Waals surface area contributed by atoms with Crippen molar-refractivity contribution in [2.24, 2.45) is 13.0 Å². The molecule has 2 atom stereocenters. The summed E-state index contributed by atoms with van der Waals surface area (Å²) in [7, 11) is 1.93. The molecule has 0 bridgehead atoms. The lowest BCUT2D eigenvalue weighted by atomic mass is 10.0. The Bertz CT molecular complexity index is 1090. The summed E-state index contributed by atoms with van der Waals surface area (Å²) in [6.45, 7) is 4.06. The first-order chi connectivity index (χ1) is 14.1. The van der Waals surface area contributed by atoms with E-state index in [0.29, 0.717) is 25.5 Å². The number of fused-ring (bicyclic) bond motifs is 2. The fourth-order valence-electron chi connectivity index (χ4n) is 3.90. The van der Waals surface area contributed by atoms with Crippen LogP contribution < -0.4 is 20.1 Å². The van der Waals surface area contributed by atoms with E-state index in [1.54, 1.807) is 6.33 Å². The SMILES string of the molecule is C[C@@H](Oc1nc(-c2ccc3c(c2)NCCO3)cc2ncn(C)c12)C1CNC(=O)C1. The van der Waals surface area contributed by atoms with Crippen LogP contribution in [-0.2, 0) is 11.8 Å². The van der Waals surface area contributed by atoms with Crippen LogP contribution in [0.15, 0.2) is 30.6 Å². The van der Waals surface area contributed by atoms with E-state index in [9.17, 15) is 4.79 Å². The van der Waals surface area contributed by atoms with Crippen LogP contribution in [-0.4, -0.2) is 46.2 Å².